The average molecular weight is 344 g/mol. The van der Waals surface area contributed by atoms with Gasteiger partial charge in [0.05, 0.1) is 18.7 Å². The Morgan fingerprint density at radius 2 is 1.48 bits per heavy atom. The zero-order chi connectivity index (χ0) is 17.7. The molecule has 0 saturated carbocycles. The van der Waals surface area contributed by atoms with E-state index in [1.807, 2.05) is 48.8 Å². The van der Waals surface area contributed by atoms with Gasteiger partial charge in [-0.2, -0.15) is 0 Å². The Labute approximate surface area is 147 Å². The Bertz CT molecular complexity index is 651. The van der Waals surface area contributed by atoms with Crippen LogP contribution in [0.5, 0.6) is 11.5 Å². The molecule has 1 aromatic carbocycles. The first-order chi connectivity index (χ1) is 12.3. The van der Waals surface area contributed by atoms with Crippen LogP contribution in [0.3, 0.4) is 0 Å². The van der Waals surface area contributed by atoms with E-state index in [-0.39, 0.29) is 0 Å². The van der Waals surface area contributed by atoms with Crippen molar-refractivity contribution in [3.8, 4) is 11.5 Å². The number of ether oxygens (including phenoxy) is 4. The number of pyridine rings is 1. The van der Waals surface area contributed by atoms with Gasteiger partial charge in [-0.1, -0.05) is 6.07 Å². The quantitative estimate of drug-likeness (QED) is 0.635. The first kappa shape index (κ1) is 18.8. The maximum absolute atomic E-state index is 5.70. The predicted octanol–water partition coefficient (Wildman–Crippen LogP) is 3.30. The van der Waals surface area contributed by atoms with Crippen molar-refractivity contribution in [1.82, 2.24) is 9.97 Å². The second-order valence-electron chi connectivity index (χ2n) is 5.06. The van der Waals surface area contributed by atoms with Crippen LogP contribution in [0.2, 0.25) is 0 Å². The molecule has 0 saturated heterocycles. The van der Waals surface area contributed by atoms with Crippen molar-refractivity contribution >= 4 is 10.9 Å². The van der Waals surface area contributed by atoms with Gasteiger partial charge in [0, 0.05) is 44.3 Å². The molecule has 6 nitrogen and oxygen atoms in total. The summed E-state index contributed by atoms with van der Waals surface area (Å²) < 4.78 is 21.4. The Balaban J connectivity index is 0.000000386. The van der Waals surface area contributed by atoms with Crippen molar-refractivity contribution in [3.05, 3.63) is 55.0 Å². The van der Waals surface area contributed by atoms with Crippen LogP contribution >= 0.6 is 0 Å². The number of hydrogen-bond donors (Lipinski definition) is 1. The number of nitrogens with zero attached hydrogens (tertiary/aromatic N) is 1. The highest BCUT2D eigenvalue weighted by molar-refractivity contribution is 5.82. The summed E-state index contributed by atoms with van der Waals surface area (Å²) in [5, 5.41) is 1.01. The number of benzene rings is 1. The summed E-state index contributed by atoms with van der Waals surface area (Å²) in [6, 6.07) is 11.6. The molecule has 1 N–H and O–H groups in total. The molecule has 0 bridgehead atoms. The SMILES string of the molecule is COCCOc1cc2cccnc2cc1OCCOC.c1cc[nH]c1. The zero-order valence-electron chi connectivity index (χ0n) is 14.6. The first-order valence-electron chi connectivity index (χ1n) is 8.05. The van der Waals surface area contributed by atoms with Crippen molar-refractivity contribution in [3.63, 3.8) is 0 Å². The molecule has 0 radical (unpaired) electrons. The lowest BCUT2D eigenvalue weighted by atomic mass is 10.2. The summed E-state index contributed by atoms with van der Waals surface area (Å²) in [6.07, 6.45) is 5.51. The summed E-state index contributed by atoms with van der Waals surface area (Å²) in [4.78, 5) is 7.18. The Morgan fingerprint density at radius 3 is 2.04 bits per heavy atom. The van der Waals surface area contributed by atoms with Gasteiger partial charge in [-0.15, -0.1) is 0 Å². The number of fused-ring (bicyclic) bond motifs is 1. The van der Waals surface area contributed by atoms with E-state index < -0.39 is 0 Å². The molecule has 25 heavy (non-hydrogen) atoms. The van der Waals surface area contributed by atoms with Crippen LogP contribution in [0.25, 0.3) is 10.9 Å². The third-order valence-corrected chi connectivity index (χ3v) is 3.25. The van der Waals surface area contributed by atoms with Crippen LogP contribution in [0.4, 0.5) is 0 Å². The molecule has 3 aromatic rings. The first-order valence-corrected chi connectivity index (χ1v) is 8.05. The van der Waals surface area contributed by atoms with E-state index >= 15 is 0 Å². The van der Waals surface area contributed by atoms with Crippen molar-refractivity contribution in [2.24, 2.45) is 0 Å². The predicted molar refractivity (Wildman–Crippen MR) is 97.3 cm³/mol. The van der Waals surface area contributed by atoms with Crippen LogP contribution < -0.4 is 9.47 Å². The van der Waals surface area contributed by atoms with Crippen molar-refractivity contribution in [2.45, 2.75) is 0 Å². The second-order valence-corrected chi connectivity index (χ2v) is 5.06. The molecule has 0 unspecified atom stereocenters. The molecule has 0 aliphatic heterocycles. The van der Waals surface area contributed by atoms with Gasteiger partial charge < -0.3 is 23.9 Å². The highest BCUT2D eigenvalue weighted by Crippen LogP contribution is 2.31. The van der Waals surface area contributed by atoms with Gasteiger partial charge in [-0.25, -0.2) is 0 Å². The van der Waals surface area contributed by atoms with Crippen molar-refractivity contribution in [2.75, 3.05) is 40.6 Å². The maximum atomic E-state index is 5.70. The number of H-pyrrole nitrogens is 1. The van der Waals surface area contributed by atoms with E-state index in [9.17, 15) is 0 Å². The Kier molecular flexibility index (Phi) is 8.31. The largest absolute Gasteiger partial charge is 0.487 e. The summed E-state index contributed by atoms with van der Waals surface area (Å²) in [5.74, 6) is 1.36. The van der Waals surface area contributed by atoms with E-state index in [4.69, 9.17) is 18.9 Å². The van der Waals surface area contributed by atoms with Gasteiger partial charge in [-0.3, -0.25) is 4.98 Å². The van der Waals surface area contributed by atoms with Gasteiger partial charge in [0.15, 0.2) is 11.5 Å². The third-order valence-electron chi connectivity index (χ3n) is 3.25. The van der Waals surface area contributed by atoms with Crippen LogP contribution in [-0.2, 0) is 9.47 Å². The third kappa shape index (κ3) is 6.45. The fourth-order valence-electron chi connectivity index (χ4n) is 2.05. The molecule has 3 rings (SSSR count). The lowest BCUT2D eigenvalue weighted by Crippen LogP contribution is -2.08. The molecule has 2 aromatic heterocycles. The van der Waals surface area contributed by atoms with Crippen molar-refractivity contribution in [1.29, 1.82) is 0 Å². The molecule has 0 atom stereocenters. The molecule has 0 amide bonds. The summed E-state index contributed by atoms with van der Waals surface area (Å²) in [6.45, 7) is 2.00. The fraction of sp³-hybridized carbons (Fsp3) is 0.316. The number of rotatable bonds is 8. The second kappa shape index (κ2) is 11.1. The molecule has 6 heteroatoms. The molecular formula is C19H24N2O4. The topological polar surface area (TPSA) is 65.6 Å². The maximum Gasteiger partial charge on any atom is 0.163 e. The minimum absolute atomic E-state index is 0.468. The van der Waals surface area contributed by atoms with E-state index in [1.165, 1.54) is 0 Å². The summed E-state index contributed by atoms with van der Waals surface area (Å²) >= 11 is 0. The minimum Gasteiger partial charge on any atom is -0.487 e. The summed E-state index contributed by atoms with van der Waals surface area (Å²) in [5.41, 5.74) is 0.874. The highest BCUT2D eigenvalue weighted by Gasteiger charge is 2.08. The fourth-order valence-corrected chi connectivity index (χ4v) is 2.05. The monoisotopic (exact) mass is 344 g/mol. The van der Waals surface area contributed by atoms with Crippen molar-refractivity contribution < 1.29 is 18.9 Å². The van der Waals surface area contributed by atoms with Gasteiger partial charge in [0.25, 0.3) is 0 Å². The normalized spacial score (nSPS) is 10.2. The van der Waals surface area contributed by atoms with Gasteiger partial charge in [0.1, 0.15) is 13.2 Å². The molecule has 0 fully saturated rings. The number of aromatic amines is 1. The number of hydrogen-bond acceptors (Lipinski definition) is 5. The summed E-state index contributed by atoms with van der Waals surface area (Å²) in [7, 11) is 3.28. The number of methoxy groups -OCH3 is 2. The lowest BCUT2D eigenvalue weighted by Gasteiger charge is -2.13. The molecule has 0 spiro atoms. The minimum atomic E-state index is 0.468. The number of nitrogens with one attached hydrogen (secondary N) is 1. The number of aromatic nitrogens is 2. The molecule has 2 heterocycles. The van der Waals surface area contributed by atoms with E-state index in [0.717, 1.165) is 10.9 Å². The molecule has 0 aliphatic rings. The van der Waals surface area contributed by atoms with Crippen LogP contribution in [0.15, 0.2) is 55.0 Å². The smallest absolute Gasteiger partial charge is 0.163 e. The highest BCUT2D eigenvalue weighted by atomic mass is 16.5. The Morgan fingerprint density at radius 1 is 0.840 bits per heavy atom. The van der Waals surface area contributed by atoms with Gasteiger partial charge >= 0.3 is 0 Å². The van der Waals surface area contributed by atoms with Gasteiger partial charge in [0.2, 0.25) is 0 Å². The molecule has 134 valence electrons. The van der Waals surface area contributed by atoms with E-state index in [1.54, 1.807) is 20.4 Å². The van der Waals surface area contributed by atoms with Gasteiger partial charge in [-0.05, 0) is 24.3 Å². The van der Waals surface area contributed by atoms with Crippen LogP contribution in [0, 0.1) is 0 Å². The van der Waals surface area contributed by atoms with E-state index in [2.05, 4.69) is 9.97 Å². The average Bonchev–Trinajstić information content (AvgIpc) is 3.22. The standard InChI is InChI=1S/C15H19NO4.C4H5N/c1-17-6-8-19-14-10-12-4-3-5-16-13(12)11-15(14)20-9-7-18-2;1-2-4-5-3-1/h3-5,10-11H,6-9H2,1-2H3;1-5H. The van der Waals surface area contributed by atoms with E-state index in [0.29, 0.717) is 37.9 Å². The van der Waals surface area contributed by atoms with Crippen LogP contribution in [-0.4, -0.2) is 50.6 Å². The molecular weight excluding hydrogens is 320 g/mol. The zero-order valence-corrected chi connectivity index (χ0v) is 14.6. The lowest BCUT2D eigenvalue weighted by molar-refractivity contribution is 0.132. The Hall–Kier alpha value is -2.57. The molecule has 0 aliphatic carbocycles. The van der Waals surface area contributed by atoms with Crippen LogP contribution in [0.1, 0.15) is 0 Å².